The zero-order valence-electron chi connectivity index (χ0n) is 7.47. The summed E-state index contributed by atoms with van der Waals surface area (Å²) in [6.07, 6.45) is -0.0531. The van der Waals surface area contributed by atoms with Gasteiger partial charge in [0.05, 0.1) is 13.2 Å². The molecule has 0 aliphatic carbocycles. The van der Waals surface area contributed by atoms with Gasteiger partial charge in [0.15, 0.2) is 5.75 Å². The van der Waals surface area contributed by atoms with Gasteiger partial charge >= 0.3 is 0 Å². The van der Waals surface area contributed by atoms with E-state index in [9.17, 15) is 9.90 Å². The molecule has 0 aromatic heterocycles. The molecule has 2 rings (SSSR count). The number of rotatable bonds is 2. The number of hydrogen-bond donors (Lipinski definition) is 1. The van der Waals surface area contributed by atoms with E-state index in [2.05, 4.69) is 0 Å². The molecule has 0 unspecified atom stereocenters. The van der Waals surface area contributed by atoms with Crippen LogP contribution in [0.2, 0.25) is 0 Å². The quantitative estimate of drug-likeness (QED) is 0.746. The van der Waals surface area contributed by atoms with Crippen LogP contribution >= 0.6 is 0 Å². The van der Waals surface area contributed by atoms with Crippen molar-refractivity contribution in [1.82, 2.24) is 0 Å². The van der Waals surface area contributed by atoms with E-state index in [0.29, 0.717) is 13.2 Å². The van der Waals surface area contributed by atoms with Gasteiger partial charge in [-0.3, -0.25) is 4.79 Å². The van der Waals surface area contributed by atoms with Gasteiger partial charge in [-0.25, -0.2) is 0 Å². The molecule has 4 heteroatoms. The van der Waals surface area contributed by atoms with Crippen molar-refractivity contribution in [2.45, 2.75) is 6.10 Å². The summed E-state index contributed by atoms with van der Waals surface area (Å²) >= 11 is 0. The third-order valence-corrected chi connectivity index (χ3v) is 1.97. The van der Waals surface area contributed by atoms with Crippen LogP contribution in [0.25, 0.3) is 0 Å². The molecule has 1 aliphatic rings. The third kappa shape index (κ3) is 1.70. The Morgan fingerprint density at radius 3 is 2.71 bits per heavy atom. The van der Waals surface area contributed by atoms with Gasteiger partial charge in [-0.1, -0.05) is 12.1 Å². The molecule has 4 nitrogen and oxygen atoms in total. The van der Waals surface area contributed by atoms with Gasteiger partial charge in [-0.2, -0.15) is 0 Å². The highest BCUT2D eigenvalue weighted by Gasteiger charge is 2.21. The lowest BCUT2D eigenvalue weighted by Crippen LogP contribution is -2.38. The van der Waals surface area contributed by atoms with Gasteiger partial charge < -0.3 is 14.6 Å². The second-order valence-electron chi connectivity index (χ2n) is 3.07. The molecule has 1 heterocycles. The zero-order chi connectivity index (χ0) is 9.97. The number of hydrogen-bond acceptors (Lipinski definition) is 4. The molecule has 0 bridgehead atoms. The Hall–Kier alpha value is -1.55. The van der Waals surface area contributed by atoms with E-state index < -0.39 is 5.43 Å². The Labute approximate surface area is 80.7 Å². The topological polar surface area (TPSA) is 55.8 Å². The summed E-state index contributed by atoms with van der Waals surface area (Å²) in [6.45, 7) is 1.01. The van der Waals surface area contributed by atoms with Gasteiger partial charge in [0.2, 0.25) is 11.2 Å². The molecule has 0 spiro atoms. The van der Waals surface area contributed by atoms with Crippen LogP contribution in [0.4, 0.5) is 0 Å². The standard InChI is InChI=1S/C10H10O4/c11-8-3-1-2-4-9(10(8)12)14-7-5-13-6-7/h1-4,7H,5-6H2,(H,11,12). The first kappa shape index (κ1) is 9.02. The van der Waals surface area contributed by atoms with E-state index in [0.717, 1.165) is 0 Å². The highest BCUT2D eigenvalue weighted by Crippen LogP contribution is 2.22. The van der Waals surface area contributed by atoms with Crippen molar-refractivity contribution in [3.8, 4) is 11.5 Å². The fourth-order valence-corrected chi connectivity index (χ4v) is 1.12. The van der Waals surface area contributed by atoms with E-state index in [1.807, 2.05) is 0 Å². The summed E-state index contributed by atoms with van der Waals surface area (Å²) in [5, 5.41) is 9.45. The Kier molecular flexibility index (Phi) is 2.37. The van der Waals surface area contributed by atoms with Gasteiger partial charge in [0.25, 0.3) is 0 Å². The molecule has 0 radical (unpaired) electrons. The molecular weight excluding hydrogens is 184 g/mol. The van der Waals surface area contributed by atoms with Crippen LogP contribution in [0.15, 0.2) is 29.1 Å². The van der Waals surface area contributed by atoms with Crippen LogP contribution in [0.5, 0.6) is 11.5 Å². The molecule has 0 atom stereocenters. The molecule has 1 aliphatic heterocycles. The summed E-state index contributed by atoms with van der Waals surface area (Å²) < 4.78 is 10.3. The molecule has 1 aromatic carbocycles. The summed E-state index contributed by atoms with van der Waals surface area (Å²) in [5.41, 5.74) is -0.440. The number of aromatic hydroxyl groups is 1. The molecule has 1 aromatic rings. The summed E-state index contributed by atoms with van der Waals surface area (Å²) in [4.78, 5) is 11.2. The largest absolute Gasteiger partial charge is 0.502 e. The van der Waals surface area contributed by atoms with E-state index in [1.54, 1.807) is 18.2 Å². The summed E-state index contributed by atoms with van der Waals surface area (Å²) in [7, 11) is 0. The third-order valence-electron chi connectivity index (χ3n) is 1.97. The Morgan fingerprint density at radius 1 is 1.36 bits per heavy atom. The first-order valence-electron chi connectivity index (χ1n) is 4.34. The summed E-state index contributed by atoms with van der Waals surface area (Å²) in [6, 6.07) is 6.07. The fraction of sp³-hybridized carbons (Fsp3) is 0.300. The summed E-state index contributed by atoms with van der Waals surface area (Å²) in [5.74, 6) is -0.129. The van der Waals surface area contributed by atoms with Gasteiger partial charge in [0.1, 0.15) is 6.10 Å². The van der Waals surface area contributed by atoms with Crippen molar-refractivity contribution in [2.75, 3.05) is 13.2 Å². The van der Waals surface area contributed by atoms with Crippen LogP contribution in [0, 0.1) is 0 Å². The van der Waals surface area contributed by atoms with E-state index >= 15 is 0 Å². The maximum atomic E-state index is 11.2. The van der Waals surface area contributed by atoms with Crippen molar-refractivity contribution in [2.24, 2.45) is 0 Å². The average molecular weight is 194 g/mol. The van der Waals surface area contributed by atoms with Crippen molar-refractivity contribution in [3.05, 3.63) is 34.5 Å². The van der Waals surface area contributed by atoms with Crippen LogP contribution in [0.3, 0.4) is 0 Å². The lowest BCUT2D eigenvalue weighted by Gasteiger charge is -2.26. The first-order chi connectivity index (χ1) is 6.77. The second-order valence-corrected chi connectivity index (χ2v) is 3.07. The fourth-order valence-electron chi connectivity index (χ4n) is 1.12. The minimum absolute atomic E-state index is 0.0531. The SMILES string of the molecule is O=c1ccccc(OC2COC2)c1O. The highest BCUT2D eigenvalue weighted by molar-refractivity contribution is 5.37. The Morgan fingerprint density at radius 2 is 2.07 bits per heavy atom. The lowest BCUT2D eigenvalue weighted by atomic mass is 10.3. The van der Waals surface area contributed by atoms with Crippen LogP contribution < -0.4 is 10.2 Å². The Balaban J connectivity index is 2.28. The first-order valence-corrected chi connectivity index (χ1v) is 4.34. The van der Waals surface area contributed by atoms with E-state index in [-0.39, 0.29) is 17.6 Å². The molecule has 74 valence electrons. The Bertz CT molecular complexity index is 384. The molecule has 1 N–H and O–H groups in total. The lowest BCUT2D eigenvalue weighted by molar-refractivity contribution is -0.0803. The van der Waals surface area contributed by atoms with Crippen molar-refractivity contribution in [1.29, 1.82) is 0 Å². The normalized spacial score (nSPS) is 16.0. The second kappa shape index (κ2) is 3.67. The average Bonchev–Trinajstić information content (AvgIpc) is 2.25. The predicted octanol–water partition coefficient (Wildman–Crippen LogP) is 0.530. The van der Waals surface area contributed by atoms with Crippen molar-refractivity contribution in [3.63, 3.8) is 0 Å². The van der Waals surface area contributed by atoms with Gasteiger partial charge in [-0.05, 0) is 12.1 Å². The van der Waals surface area contributed by atoms with Crippen LogP contribution in [-0.4, -0.2) is 24.4 Å². The monoisotopic (exact) mass is 194 g/mol. The van der Waals surface area contributed by atoms with E-state index in [1.165, 1.54) is 6.07 Å². The molecule has 1 saturated heterocycles. The maximum Gasteiger partial charge on any atom is 0.224 e. The molecular formula is C10H10O4. The minimum Gasteiger partial charge on any atom is -0.502 e. The molecule has 14 heavy (non-hydrogen) atoms. The van der Waals surface area contributed by atoms with Gasteiger partial charge in [-0.15, -0.1) is 0 Å². The zero-order valence-corrected chi connectivity index (χ0v) is 7.47. The van der Waals surface area contributed by atoms with Crippen molar-refractivity contribution < 1.29 is 14.6 Å². The smallest absolute Gasteiger partial charge is 0.224 e. The van der Waals surface area contributed by atoms with Crippen molar-refractivity contribution >= 4 is 0 Å². The minimum atomic E-state index is -0.440. The van der Waals surface area contributed by atoms with Crippen LogP contribution in [-0.2, 0) is 4.74 Å². The maximum absolute atomic E-state index is 11.2. The van der Waals surface area contributed by atoms with E-state index in [4.69, 9.17) is 9.47 Å². The van der Waals surface area contributed by atoms with Gasteiger partial charge in [0, 0.05) is 0 Å². The van der Waals surface area contributed by atoms with Crippen LogP contribution in [0.1, 0.15) is 0 Å². The molecule has 0 saturated carbocycles. The molecule has 1 fully saturated rings. The number of ether oxygens (including phenoxy) is 2. The predicted molar refractivity (Wildman–Crippen MR) is 49.6 cm³/mol. The molecule has 0 amide bonds. The highest BCUT2D eigenvalue weighted by atomic mass is 16.6.